The molecule has 0 fully saturated rings. The number of carbonyl (C=O) groups excluding carboxylic acids is 1. The van der Waals surface area contributed by atoms with Crippen molar-refractivity contribution in [3.05, 3.63) is 45.1 Å². The van der Waals surface area contributed by atoms with Crippen LogP contribution in [0.5, 0.6) is 0 Å². The average molecular weight is 387 g/mol. The van der Waals surface area contributed by atoms with Gasteiger partial charge >= 0.3 is 0 Å². The molecule has 0 bridgehead atoms. The Hall–Kier alpha value is -1.41. The molecule has 0 aliphatic heterocycles. The van der Waals surface area contributed by atoms with E-state index < -0.39 is 10.0 Å². The Morgan fingerprint density at radius 3 is 2.42 bits per heavy atom. The molecule has 0 aliphatic rings. The second-order valence-corrected chi connectivity index (χ2v) is 8.70. The number of nitrogens with one attached hydrogen (secondary N) is 1. The van der Waals surface area contributed by atoms with E-state index >= 15 is 0 Å². The van der Waals surface area contributed by atoms with Crippen LogP contribution in [0.3, 0.4) is 0 Å². The molecular weight excluding hydrogens is 368 g/mol. The van der Waals surface area contributed by atoms with Crippen LogP contribution in [0.25, 0.3) is 0 Å². The van der Waals surface area contributed by atoms with Crippen LogP contribution in [0.1, 0.15) is 28.4 Å². The SMILES string of the molecule is CCN(CC)S(=O)(=O)c1cc(NC(=O)c2ccc(C)s2)ccc1Cl. The van der Waals surface area contributed by atoms with Gasteiger partial charge < -0.3 is 5.32 Å². The third kappa shape index (κ3) is 3.97. The molecular formula is C16H19ClN2O3S2. The summed E-state index contributed by atoms with van der Waals surface area (Å²) in [6.45, 7) is 6.14. The van der Waals surface area contributed by atoms with E-state index in [1.165, 1.54) is 27.8 Å². The van der Waals surface area contributed by atoms with Crippen molar-refractivity contribution in [2.24, 2.45) is 0 Å². The van der Waals surface area contributed by atoms with Crippen molar-refractivity contribution in [1.82, 2.24) is 4.31 Å². The van der Waals surface area contributed by atoms with Crippen molar-refractivity contribution in [2.45, 2.75) is 25.7 Å². The van der Waals surface area contributed by atoms with Gasteiger partial charge in [0.1, 0.15) is 4.90 Å². The summed E-state index contributed by atoms with van der Waals surface area (Å²) in [6.07, 6.45) is 0. The molecule has 1 heterocycles. The normalized spacial score (nSPS) is 11.7. The van der Waals surface area contributed by atoms with E-state index in [2.05, 4.69) is 5.32 Å². The third-order valence-corrected chi connectivity index (χ3v) is 7.01. The molecule has 130 valence electrons. The van der Waals surface area contributed by atoms with Gasteiger partial charge in [-0.2, -0.15) is 4.31 Å². The summed E-state index contributed by atoms with van der Waals surface area (Å²) in [6, 6.07) is 8.06. The maximum absolute atomic E-state index is 12.7. The van der Waals surface area contributed by atoms with Crippen LogP contribution < -0.4 is 5.32 Å². The first-order valence-electron chi connectivity index (χ1n) is 7.47. The minimum Gasteiger partial charge on any atom is -0.321 e. The number of hydrogen-bond donors (Lipinski definition) is 1. The Morgan fingerprint density at radius 2 is 1.88 bits per heavy atom. The van der Waals surface area contributed by atoms with Gasteiger partial charge in [-0.05, 0) is 37.3 Å². The second-order valence-electron chi connectivity index (χ2n) is 5.10. The lowest BCUT2D eigenvalue weighted by atomic mass is 10.3. The van der Waals surface area contributed by atoms with Crippen molar-refractivity contribution in [3.63, 3.8) is 0 Å². The highest BCUT2D eigenvalue weighted by molar-refractivity contribution is 7.89. The maximum atomic E-state index is 12.7. The number of carbonyl (C=O) groups is 1. The number of benzene rings is 1. The van der Waals surface area contributed by atoms with Crippen molar-refractivity contribution >= 4 is 44.6 Å². The van der Waals surface area contributed by atoms with E-state index in [1.54, 1.807) is 26.0 Å². The van der Waals surface area contributed by atoms with Gasteiger partial charge in [0.15, 0.2) is 0 Å². The monoisotopic (exact) mass is 386 g/mol. The molecule has 8 heteroatoms. The lowest BCUT2D eigenvalue weighted by molar-refractivity contribution is 0.103. The molecule has 2 aromatic rings. The zero-order valence-electron chi connectivity index (χ0n) is 13.7. The number of nitrogens with zero attached hydrogens (tertiary/aromatic N) is 1. The zero-order chi connectivity index (χ0) is 17.9. The molecule has 0 radical (unpaired) electrons. The van der Waals surface area contributed by atoms with E-state index in [-0.39, 0.29) is 15.8 Å². The topological polar surface area (TPSA) is 66.5 Å². The number of sulfonamides is 1. The number of hydrogen-bond acceptors (Lipinski definition) is 4. The van der Waals surface area contributed by atoms with Crippen LogP contribution in [0.2, 0.25) is 5.02 Å². The van der Waals surface area contributed by atoms with Crippen LogP contribution >= 0.6 is 22.9 Å². The fraction of sp³-hybridized carbons (Fsp3) is 0.312. The molecule has 0 saturated carbocycles. The summed E-state index contributed by atoms with van der Waals surface area (Å²) in [7, 11) is -3.70. The van der Waals surface area contributed by atoms with Crippen LogP contribution in [-0.4, -0.2) is 31.7 Å². The van der Waals surface area contributed by atoms with Crippen LogP contribution in [-0.2, 0) is 10.0 Å². The van der Waals surface area contributed by atoms with Gasteiger partial charge in [-0.25, -0.2) is 8.42 Å². The standard InChI is InChI=1S/C16H19ClN2O3S2/c1-4-19(5-2)24(21,22)15-10-12(7-8-13(15)17)18-16(20)14-9-6-11(3)23-14/h6-10H,4-5H2,1-3H3,(H,18,20). The Morgan fingerprint density at radius 1 is 1.21 bits per heavy atom. The maximum Gasteiger partial charge on any atom is 0.265 e. The minimum atomic E-state index is -3.70. The summed E-state index contributed by atoms with van der Waals surface area (Å²) in [5.41, 5.74) is 0.390. The predicted octanol–water partition coefficient (Wildman–Crippen LogP) is 3.99. The molecule has 1 aromatic heterocycles. The molecule has 0 atom stereocenters. The number of halogens is 1. The molecule has 5 nitrogen and oxygen atoms in total. The van der Waals surface area contributed by atoms with Crippen molar-refractivity contribution < 1.29 is 13.2 Å². The number of anilines is 1. The number of aryl methyl sites for hydroxylation is 1. The van der Waals surface area contributed by atoms with Crippen LogP contribution in [0.4, 0.5) is 5.69 Å². The van der Waals surface area contributed by atoms with Crippen molar-refractivity contribution in [2.75, 3.05) is 18.4 Å². The average Bonchev–Trinajstić information content (AvgIpc) is 2.96. The van der Waals surface area contributed by atoms with E-state index in [0.29, 0.717) is 23.7 Å². The van der Waals surface area contributed by atoms with Gasteiger partial charge in [0, 0.05) is 23.7 Å². The van der Waals surface area contributed by atoms with Gasteiger partial charge in [0.05, 0.1) is 9.90 Å². The lowest BCUT2D eigenvalue weighted by Crippen LogP contribution is -2.30. The molecule has 0 spiro atoms. The van der Waals surface area contributed by atoms with E-state index in [9.17, 15) is 13.2 Å². The first-order chi connectivity index (χ1) is 11.3. The van der Waals surface area contributed by atoms with Crippen LogP contribution in [0, 0.1) is 6.92 Å². The number of thiophene rings is 1. The molecule has 2 rings (SSSR count). The molecule has 1 N–H and O–H groups in total. The fourth-order valence-electron chi connectivity index (χ4n) is 2.23. The first kappa shape index (κ1) is 18.9. The molecule has 0 unspecified atom stereocenters. The highest BCUT2D eigenvalue weighted by Crippen LogP contribution is 2.28. The number of rotatable bonds is 6. The zero-order valence-corrected chi connectivity index (χ0v) is 16.1. The van der Waals surface area contributed by atoms with Gasteiger partial charge in [0.2, 0.25) is 10.0 Å². The molecule has 1 aromatic carbocycles. The summed E-state index contributed by atoms with van der Waals surface area (Å²) < 4.78 is 26.6. The highest BCUT2D eigenvalue weighted by Gasteiger charge is 2.25. The van der Waals surface area contributed by atoms with Crippen molar-refractivity contribution in [1.29, 1.82) is 0 Å². The van der Waals surface area contributed by atoms with Gasteiger partial charge in [-0.3, -0.25) is 4.79 Å². The Bertz CT molecular complexity index is 843. The molecule has 1 amide bonds. The number of amides is 1. The quantitative estimate of drug-likeness (QED) is 0.816. The molecule has 0 aliphatic carbocycles. The largest absolute Gasteiger partial charge is 0.321 e. The third-order valence-electron chi connectivity index (χ3n) is 3.48. The summed E-state index contributed by atoms with van der Waals surface area (Å²) in [4.78, 5) is 13.8. The first-order valence-corrected chi connectivity index (χ1v) is 10.1. The summed E-state index contributed by atoms with van der Waals surface area (Å²) in [5, 5.41) is 2.85. The highest BCUT2D eigenvalue weighted by atomic mass is 35.5. The Kier molecular flexibility index (Phi) is 6.03. The van der Waals surface area contributed by atoms with Crippen LogP contribution in [0.15, 0.2) is 35.2 Å². The molecule has 0 saturated heterocycles. The predicted molar refractivity (Wildman–Crippen MR) is 98.6 cm³/mol. The summed E-state index contributed by atoms with van der Waals surface area (Å²) in [5.74, 6) is -0.276. The van der Waals surface area contributed by atoms with E-state index in [0.717, 1.165) is 4.88 Å². The minimum absolute atomic E-state index is 0.00646. The van der Waals surface area contributed by atoms with Gasteiger partial charge in [-0.15, -0.1) is 11.3 Å². The Labute approximate surface area is 151 Å². The van der Waals surface area contributed by atoms with Gasteiger partial charge in [0.25, 0.3) is 5.91 Å². The molecule has 24 heavy (non-hydrogen) atoms. The summed E-state index contributed by atoms with van der Waals surface area (Å²) >= 11 is 7.45. The van der Waals surface area contributed by atoms with E-state index in [4.69, 9.17) is 11.6 Å². The second kappa shape index (κ2) is 7.65. The fourth-order valence-corrected chi connectivity index (χ4v) is 4.95. The Balaban J connectivity index is 2.33. The van der Waals surface area contributed by atoms with Crippen molar-refractivity contribution in [3.8, 4) is 0 Å². The van der Waals surface area contributed by atoms with Gasteiger partial charge in [-0.1, -0.05) is 25.4 Å². The smallest absolute Gasteiger partial charge is 0.265 e. The lowest BCUT2D eigenvalue weighted by Gasteiger charge is -2.19. The van der Waals surface area contributed by atoms with E-state index in [1.807, 2.05) is 13.0 Å².